The van der Waals surface area contributed by atoms with Gasteiger partial charge in [-0.2, -0.15) is 5.10 Å². The Morgan fingerprint density at radius 1 is 1.19 bits per heavy atom. The number of aromatic nitrogens is 2. The third-order valence-corrected chi connectivity index (χ3v) is 3.38. The maximum atomic E-state index is 4.23. The van der Waals surface area contributed by atoms with Gasteiger partial charge < -0.3 is 10.2 Å². The molecule has 0 saturated heterocycles. The van der Waals surface area contributed by atoms with Crippen LogP contribution in [0.3, 0.4) is 0 Å². The fourth-order valence-corrected chi connectivity index (χ4v) is 2.65. The van der Waals surface area contributed by atoms with Crippen LogP contribution in [-0.4, -0.2) is 41.9 Å². The van der Waals surface area contributed by atoms with E-state index in [9.17, 15) is 0 Å². The van der Waals surface area contributed by atoms with Crippen molar-refractivity contribution in [1.29, 1.82) is 0 Å². The highest BCUT2D eigenvalue weighted by Crippen LogP contribution is 2.15. The number of nitrogens with one attached hydrogen (secondary N) is 1. The van der Waals surface area contributed by atoms with Gasteiger partial charge in [0.05, 0.1) is 5.69 Å². The van der Waals surface area contributed by atoms with Gasteiger partial charge in [0, 0.05) is 32.0 Å². The van der Waals surface area contributed by atoms with Gasteiger partial charge in [-0.1, -0.05) is 26.0 Å². The molecule has 0 bridgehead atoms. The number of hydrogen-bond acceptors (Lipinski definition) is 3. The Bertz CT molecular complexity index is 526. The van der Waals surface area contributed by atoms with Gasteiger partial charge in [0.25, 0.3) is 0 Å². The minimum atomic E-state index is 0.276. The Morgan fingerprint density at radius 3 is 2.48 bits per heavy atom. The van der Waals surface area contributed by atoms with Crippen molar-refractivity contribution in [2.45, 2.75) is 20.4 Å². The normalized spacial score (nSPS) is 12.0. The lowest BCUT2D eigenvalue weighted by atomic mass is 9.93. The van der Waals surface area contributed by atoms with Gasteiger partial charge >= 0.3 is 0 Å². The number of rotatable bonds is 7. The zero-order chi connectivity index (χ0) is 15.3. The van der Waals surface area contributed by atoms with Crippen LogP contribution >= 0.6 is 0 Å². The Kier molecular flexibility index (Phi) is 5.15. The number of benzene rings is 1. The Balaban J connectivity index is 1.84. The highest BCUT2D eigenvalue weighted by Gasteiger charge is 2.17. The molecular weight excluding hydrogens is 260 g/mol. The molecule has 1 heterocycles. The first kappa shape index (κ1) is 15.7. The first-order valence-corrected chi connectivity index (χ1v) is 7.41. The molecule has 0 radical (unpaired) electrons. The lowest BCUT2D eigenvalue weighted by Crippen LogP contribution is -2.37. The van der Waals surface area contributed by atoms with Crippen molar-refractivity contribution >= 4 is 0 Å². The second-order valence-corrected chi connectivity index (χ2v) is 6.62. The molecule has 1 aromatic heterocycles. The van der Waals surface area contributed by atoms with Crippen molar-refractivity contribution in [3.05, 3.63) is 48.3 Å². The molecule has 1 N–H and O–H groups in total. The molecule has 0 aliphatic carbocycles. The fourth-order valence-electron chi connectivity index (χ4n) is 2.65. The first-order chi connectivity index (χ1) is 9.96. The molecule has 4 nitrogen and oxygen atoms in total. The third-order valence-electron chi connectivity index (χ3n) is 3.38. The molecule has 114 valence electrons. The highest BCUT2D eigenvalue weighted by molar-refractivity contribution is 5.33. The van der Waals surface area contributed by atoms with Crippen LogP contribution in [0.15, 0.2) is 42.7 Å². The molecule has 0 amide bonds. The van der Waals surface area contributed by atoms with E-state index in [1.54, 1.807) is 6.20 Å². The molecule has 4 heteroatoms. The maximum Gasteiger partial charge on any atom is 0.0645 e. The minimum Gasteiger partial charge on any atom is -0.312 e. The van der Waals surface area contributed by atoms with E-state index in [0.29, 0.717) is 0 Å². The van der Waals surface area contributed by atoms with E-state index in [-0.39, 0.29) is 5.41 Å². The molecule has 2 aromatic rings. The largest absolute Gasteiger partial charge is 0.312 e. The van der Waals surface area contributed by atoms with Crippen LogP contribution in [0.2, 0.25) is 0 Å². The third kappa shape index (κ3) is 4.99. The summed E-state index contributed by atoms with van der Waals surface area (Å²) in [6.07, 6.45) is 3.75. The van der Waals surface area contributed by atoms with Crippen molar-refractivity contribution in [3.8, 4) is 5.69 Å². The van der Waals surface area contributed by atoms with Crippen LogP contribution in [0.1, 0.15) is 19.4 Å². The zero-order valence-electron chi connectivity index (χ0n) is 13.5. The van der Waals surface area contributed by atoms with Gasteiger partial charge in [0.2, 0.25) is 0 Å². The molecule has 0 spiro atoms. The molecular formula is C17H26N4. The van der Waals surface area contributed by atoms with Crippen LogP contribution in [0.5, 0.6) is 0 Å². The van der Waals surface area contributed by atoms with Gasteiger partial charge in [-0.25, -0.2) is 4.68 Å². The average molecular weight is 286 g/mol. The van der Waals surface area contributed by atoms with Crippen molar-refractivity contribution in [1.82, 2.24) is 20.0 Å². The summed E-state index contributed by atoms with van der Waals surface area (Å²) < 4.78 is 1.87. The Morgan fingerprint density at radius 2 is 1.90 bits per heavy atom. The Hall–Kier alpha value is -1.65. The second kappa shape index (κ2) is 6.87. The average Bonchev–Trinajstić information content (AvgIpc) is 2.91. The lowest BCUT2D eigenvalue weighted by molar-refractivity contribution is 0.232. The predicted octanol–water partition coefficient (Wildman–Crippen LogP) is 2.55. The van der Waals surface area contributed by atoms with E-state index >= 15 is 0 Å². The monoisotopic (exact) mass is 286 g/mol. The summed E-state index contributed by atoms with van der Waals surface area (Å²) in [5.41, 5.74) is 2.67. The molecule has 0 aliphatic heterocycles. The SMILES string of the molecule is CN(C)CC(C)(C)CNCc1ccc(-n2cccn2)cc1. The summed E-state index contributed by atoms with van der Waals surface area (Å²) in [7, 11) is 4.24. The number of nitrogens with zero attached hydrogens (tertiary/aromatic N) is 3. The van der Waals surface area contributed by atoms with Crippen LogP contribution in [-0.2, 0) is 6.54 Å². The highest BCUT2D eigenvalue weighted by atomic mass is 15.3. The van der Waals surface area contributed by atoms with Gasteiger partial charge in [0.15, 0.2) is 0 Å². The molecule has 1 aromatic carbocycles. The summed E-state index contributed by atoms with van der Waals surface area (Å²) in [5.74, 6) is 0. The van der Waals surface area contributed by atoms with Crippen molar-refractivity contribution in [2.75, 3.05) is 27.2 Å². The van der Waals surface area contributed by atoms with Gasteiger partial charge in [-0.3, -0.25) is 0 Å². The van der Waals surface area contributed by atoms with E-state index in [1.165, 1.54) is 5.56 Å². The van der Waals surface area contributed by atoms with Crippen LogP contribution < -0.4 is 5.32 Å². The van der Waals surface area contributed by atoms with Gasteiger partial charge in [-0.05, 0) is 43.3 Å². The summed E-state index contributed by atoms with van der Waals surface area (Å²) in [5, 5.41) is 7.79. The van der Waals surface area contributed by atoms with Gasteiger partial charge in [0.1, 0.15) is 0 Å². The van der Waals surface area contributed by atoms with Crippen LogP contribution in [0, 0.1) is 5.41 Å². The van der Waals surface area contributed by atoms with E-state index < -0.39 is 0 Å². The smallest absolute Gasteiger partial charge is 0.0645 e. The van der Waals surface area contributed by atoms with Gasteiger partial charge in [-0.15, -0.1) is 0 Å². The summed E-state index contributed by atoms with van der Waals surface area (Å²) in [6, 6.07) is 10.5. The second-order valence-electron chi connectivity index (χ2n) is 6.62. The fraction of sp³-hybridized carbons (Fsp3) is 0.471. The zero-order valence-corrected chi connectivity index (χ0v) is 13.5. The van der Waals surface area contributed by atoms with E-state index in [1.807, 2.05) is 16.9 Å². The van der Waals surface area contributed by atoms with Crippen LogP contribution in [0.4, 0.5) is 0 Å². The van der Waals surface area contributed by atoms with Crippen molar-refractivity contribution < 1.29 is 0 Å². The van der Waals surface area contributed by atoms with Crippen molar-refractivity contribution in [2.24, 2.45) is 5.41 Å². The van der Waals surface area contributed by atoms with Crippen molar-refractivity contribution in [3.63, 3.8) is 0 Å². The van der Waals surface area contributed by atoms with Crippen LogP contribution in [0.25, 0.3) is 5.69 Å². The Labute approximate surface area is 127 Å². The molecule has 0 fully saturated rings. The number of hydrogen-bond donors (Lipinski definition) is 1. The first-order valence-electron chi connectivity index (χ1n) is 7.41. The quantitative estimate of drug-likeness (QED) is 0.849. The predicted molar refractivity (Wildman–Crippen MR) is 87.6 cm³/mol. The molecule has 0 saturated carbocycles. The summed E-state index contributed by atoms with van der Waals surface area (Å²) >= 11 is 0. The minimum absolute atomic E-state index is 0.276. The molecule has 2 rings (SSSR count). The van der Waals surface area contributed by atoms with E-state index in [0.717, 1.165) is 25.3 Å². The molecule has 0 unspecified atom stereocenters. The topological polar surface area (TPSA) is 33.1 Å². The maximum absolute atomic E-state index is 4.23. The summed E-state index contributed by atoms with van der Waals surface area (Å²) in [6.45, 7) is 7.57. The molecule has 0 atom stereocenters. The van der Waals surface area contributed by atoms with E-state index in [2.05, 4.69) is 67.5 Å². The lowest BCUT2D eigenvalue weighted by Gasteiger charge is -2.28. The van der Waals surface area contributed by atoms with E-state index in [4.69, 9.17) is 0 Å². The standard InChI is InChI=1S/C17H26N4/c1-17(2,14-20(3)4)13-18-12-15-6-8-16(9-7-15)21-11-5-10-19-21/h5-11,18H,12-14H2,1-4H3. The molecule has 21 heavy (non-hydrogen) atoms. The summed E-state index contributed by atoms with van der Waals surface area (Å²) in [4.78, 5) is 2.24. The molecule has 0 aliphatic rings.